The van der Waals surface area contributed by atoms with Crippen LogP contribution in [0.1, 0.15) is 22.2 Å². The standard InChI is InChI=1S/C24H21FN2O3S2/c1-3-16-6-4-5-7-21(16)26-24(28)23-15-17-14-19(10-13-22(17)31-23)27(2)32(29,30)20-11-8-18(25)9-12-20/h4-15H,3H2,1-2H3,(H,26,28). The van der Waals surface area contributed by atoms with Crippen molar-refractivity contribution in [2.45, 2.75) is 18.2 Å². The van der Waals surface area contributed by atoms with Gasteiger partial charge in [-0.3, -0.25) is 9.10 Å². The van der Waals surface area contributed by atoms with Gasteiger partial charge < -0.3 is 5.32 Å². The lowest BCUT2D eigenvalue weighted by atomic mass is 10.1. The molecule has 5 nitrogen and oxygen atoms in total. The smallest absolute Gasteiger partial charge is 0.265 e. The van der Waals surface area contributed by atoms with E-state index in [0.717, 1.165) is 44.2 Å². The lowest BCUT2D eigenvalue weighted by Crippen LogP contribution is -2.26. The van der Waals surface area contributed by atoms with E-state index in [1.807, 2.05) is 31.2 Å². The van der Waals surface area contributed by atoms with Crippen molar-refractivity contribution < 1.29 is 17.6 Å². The minimum atomic E-state index is -3.84. The molecule has 1 amide bonds. The molecule has 0 saturated carbocycles. The lowest BCUT2D eigenvalue weighted by Gasteiger charge is -2.19. The van der Waals surface area contributed by atoms with Gasteiger partial charge in [-0.05, 0) is 72.0 Å². The molecule has 3 aromatic carbocycles. The Balaban J connectivity index is 1.61. The van der Waals surface area contributed by atoms with Crippen molar-refractivity contribution in [1.29, 1.82) is 0 Å². The molecule has 0 saturated heterocycles. The third kappa shape index (κ3) is 4.24. The summed E-state index contributed by atoms with van der Waals surface area (Å²) in [6.07, 6.45) is 0.807. The number of halogens is 1. The number of nitrogens with zero attached hydrogens (tertiary/aromatic N) is 1. The van der Waals surface area contributed by atoms with Gasteiger partial charge in [-0.2, -0.15) is 0 Å². The molecule has 8 heteroatoms. The Bertz CT molecular complexity index is 1400. The van der Waals surface area contributed by atoms with E-state index in [0.29, 0.717) is 10.6 Å². The van der Waals surface area contributed by atoms with E-state index in [1.165, 1.54) is 30.5 Å². The normalized spacial score (nSPS) is 11.5. The number of fused-ring (bicyclic) bond motifs is 1. The first-order valence-corrected chi connectivity index (χ1v) is 12.2. The second kappa shape index (κ2) is 8.72. The van der Waals surface area contributed by atoms with Crippen LogP contribution in [0.2, 0.25) is 0 Å². The van der Waals surface area contributed by atoms with Crippen molar-refractivity contribution in [2.75, 3.05) is 16.7 Å². The fourth-order valence-electron chi connectivity index (χ4n) is 3.38. The van der Waals surface area contributed by atoms with Gasteiger partial charge in [0.15, 0.2) is 0 Å². The van der Waals surface area contributed by atoms with Crippen molar-refractivity contribution >= 4 is 48.7 Å². The molecule has 0 aliphatic rings. The molecule has 0 spiro atoms. The molecule has 4 aromatic rings. The molecule has 4 rings (SSSR count). The van der Waals surface area contributed by atoms with Gasteiger partial charge in [0.1, 0.15) is 5.82 Å². The highest BCUT2D eigenvalue weighted by Gasteiger charge is 2.22. The fraction of sp³-hybridized carbons (Fsp3) is 0.125. The maximum Gasteiger partial charge on any atom is 0.265 e. The van der Waals surface area contributed by atoms with Gasteiger partial charge in [0, 0.05) is 17.4 Å². The van der Waals surface area contributed by atoms with Crippen LogP contribution in [0.15, 0.2) is 77.7 Å². The van der Waals surface area contributed by atoms with Crippen molar-refractivity contribution in [3.8, 4) is 0 Å². The molecule has 1 aromatic heterocycles. The van der Waals surface area contributed by atoms with Crippen molar-refractivity contribution in [1.82, 2.24) is 0 Å². The quantitative estimate of drug-likeness (QED) is 0.396. The molecular weight excluding hydrogens is 447 g/mol. The Hall–Kier alpha value is -3.23. The number of sulfonamides is 1. The number of carbonyl (C=O) groups is 1. The molecule has 0 atom stereocenters. The van der Waals surface area contributed by atoms with E-state index >= 15 is 0 Å². The lowest BCUT2D eigenvalue weighted by molar-refractivity contribution is 0.103. The van der Waals surface area contributed by atoms with E-state index in [9.17, 15) is 17.6 Å². The van der Waals surface area contributed by atoms with Crippen LogP contribution in [0.4, 0.5) is 15.8 Å². The minimum absolute atomic E-state index is 0.00136. The summed E-state index contributed by atoms with van der Waals surface area (Å²) >= 11 is 1.34. The fourth-order valence-corrected chi connectivity index (χ4v) is 5.50. The number of hydrogen-bond donors (Lipinski definition) is 1. The molecule has 0 aliphatic heterocycles. The highest BCUT2D eigenvalue weighted by Crippen LogP contribution is 2.32. The van der Waals surface area contributed by atoms with Crippen molar-refractivity contribution in [3.63, 3.8) is 0 Å². The first kappa shape index (κ1) is 22.0. The van der Waals surface area contributed by atoms with Gasteiger partial charge in [-0.15, -0.1) is 11.3 Å². The maximum atomic E-state index is 13.2. The van der Waals surface area contributed by atoms with Crippen LogP contribution >= 0.6 is 11.3 Å². The van der Waals surface area contributed by atoms with Crippen LogP contribution < -0.4 is 9.62 Å². The summed E-state index contributed by atoms with van der Waals surface area (Å²) < 4.78 is 41.0. The number of thiophene rings is 1. The summed E-state index contributed by atoms with van der Waals surface area (Å²) in [6, 6.07) is 19.3. The van der Waals surface area contributed by atoms with Gasteiger partial charge in [0.25, 0.3) is 15.9 Å². The largest absolute Gasteiger partial charge is 0.321 e. The highest BCUT2D eigenvalue weighted by atomic mass is 32.2. The molecule has 0 radical (unpaired) electrons. The van der Waals surface area contributed by atoms with E-state index in [1.54, 1.807) is 24.3 Å². The highest BCUT2D eigenvalue weighted by molar-refractivity contribution is 7.92. The first-order chi connectivity index (χ1) is 15.3. The maximum absolute atomic E-state index is 13.2. The van der Waals surface area contributed by atoms with E-state index in [-0.39, 0.29) is 10.8 Å². The second-order valence-electron chi connectivity index (χ2n) is 7.22. The molecule has 1 N–H and O–H groups in total. The van der Waals surface area contributed by atoms with Crippen LogP contribution in [0.3, 0.4) is 0 Å². The minimum Gasteiger partial charge on any atom is -0.321 e. The molecule has 0 unspecified atom stereocenters. The average Bonchev–Trinajstić information content (AvgIpc) is 3.23. The van der Waals surface area contributed by atoms with Gasteiger partial charge in [0.05, 0.1) is 15.5 Å². The Morgan fingerprint density at radius 2 is 1.75 bits per heavy atom. The summed E-state index contributed by atoms with van der Waals surface area (Å²) in [7, 11) is -2.40. The number of anilines is 2. The molecule has 0 aliphatic carbocycles. The Morgan fingerprint density at radius 1 is 1.03 bits per heavy atom. The molecular formula is C24H21FN2O3S2. The molecule has 164 valence electrons. The number of hydrogen-bond acceptors (Lipinski definition) is 4. The molecule has 32 heavy (non-hydrogen) atoms. The topological polar surface area (TPSA) is 66.5 Å². The Labute approximate surface area is 190 Å². The molecule has 0 fully saturated rings. The van der Waals surface area contributed by atoms with Gasteiger partial charge in [-0.25, -0.2) is 12.8 Å². The average molecular weight is 469 g/mol. The monoisotopic (exact) mass is 468 g/mol. The van der Waals surface area contributed by atoms with Gasteiger partial charge >= 0.3 is 0 Å². The van der Waals surface area contributed by atoms with Crippen LogP contribution in [0.25, 0.3) is 10.1 Å². The predicted molar refractivity (Wildman–Crippen MR) is 128 cm³/mol. The Kier molecular flexibility index (Phi) is 5.99. The molecule has 1 heterocycles. The van der Waals surface area contributed by atoms with Crippen LogP contribution in [-0.4, -0.2) is 21.4 Å². The third-order valence-electron chi connectivity index (χ3n) is 5.21. The SMILES string of the molecule is CCc1ccccc1NC(=O)c1cc2cc(N(C)S(=O)(=O)c3ccc(F)cc3)ccc2s1. The van der Waals surface area contributed by atoms with E-state index in [2.05, 4.69) is 5.32 Å². The van der Waals surface area contributed by atoms with E-state index < -0.39 is 15.8 Å². The van der Waals surface area contributed by atoms with E-state index in [4.69, 9.17) is 0 Å². The number of rotatable bonds is 6. The zero-order valence-corrected chi connectivity index (χ0v) is 19.1. The van der Waals surface area contributed by atoms with Gasteiger partial charge in [0.2, 0.25) is 0 Å². The summed E-state index contributed by atoms with van der Waals surface area (Å²) in [5.41, 5.74) is 2.28. The number of para-hydroxylation sites is 1. The summed E-state index contributed by atoms with van der Waals surface area (Å²) in [5, 5.41) is 3.73. The summed E-state index contributed by atoms with van der Waals surface area (Å²) in [5.74, 6) is -0.709. The number of nitrogens with one attached hydrogen (secondary N) is 1. The van der Waals surface area contributed by atoms with Crippen LogP contribution in [0, 0.1) is 5.82 Å². The summed E-state index contributed by atoms with van der Waals surface area (Å²) in [6.45, 7) is 2.03. The predicted octanol–water partition coefficient (Wildman–Crippen LogP) is 5.68. The molecule has 0 bridgehead atoms. The number of amides is 1. The zero-order chi connectivity index (χ0) is 22.9. The van der Waals surface area contributed by atoms with Gasteiger partial charge in [-0.1, -0.05) is 25.1 Å². The number of benzene rings is 3. The van der Waals surface area contributed by atoms with Crippen LogP contribution in [0.5, 0.6) is 0 Å². The van der Waals surface area contributed by atoms with Crippen molar-refractivity contribution in [2.24, 2.45) is 0 Å². The third-order valence-corrected chi connectivity index (χ3v) is 8.12. The Morgan fingerprint density at radius 3 is 2.47 bits per heavy atom. The zero-order valence-electron chi connectivity index (χ0n) is 17.5. The first-order valence-electron chi connectivity index (χ1n) is 9.97. The second-order valence-corrected chi connectivity index (χ2v) is 10.3. The van der Waals surface area contributed by atoms with Crippen molar-refractivity contribution in [3.05, 3.63) is 89.1 Å². The number of carbonyl (C=O) groups excluding carboxylic acids is 1. The van der Waals surface area contributed by atoms with Crippen LogP contribution in [-0.2, 0) is 16.4 Å². The summed E-state index contributed by atoms with van der Waals surface area (Å²) in [4.78, 5) is 13.3. The number of aryl methyl sites for hydroxylation is 1.